The number of hydrogen-bond donors (Lipinski definition) is 2. The van der Waals surface area contributed by atoms with Crippen molar-refractivity contribution in [3.63, 3.8) is 0 Å². The molecule has 0 heterocycles. The van der Waals surface area contributed by atoms with Gasteiger partial charge in [-0.25, -0.2) is 4.79 Å². The number of aldehydes is 1. The van der Waals surface area contributed by atoms with Gasteiger partial charge in [0.2, 0.25) is 0 Å². The van der Waals surface area contributed by atoms with Crippen LogP contribution in [-0.4, -0.2) is 25.4 Å². The van der Waals surface area contributed by atoms with Crippen LogP contribution in [0.4, 0.5) is 21.9 Å². The van der Waals surface area contributed by atoms with Crippen molar-refractivity contribution in [3.8, 4) is 0 Å². The molecule has 0 saturated heterocycles. The Kier molecular flexibility index (Phi) is 7.60. The largest absolute Gasteiger partial charge is 0.369 e. The highest BCUT2D eigenvalue weighted by Gasteiger charge is 2.44. The van der Waals surface area contributed by atoms with E-state index < -0.39 is 0 Å². The summed E-state index contributed by atoms with van der Waals surface area (Å²) in [7, 11) is 0. The molecule has 2 amide bonds. The van der Waals surface area contributed by atoms with Crippen LogP contribution < -0.4 is 15.5 Å². The molecule has 3 rings (SSSR count). The first-order valence-corrected chi connectivity index (χ1v) is 11.7. The minimum absolute atomic E-state index is 0.0644. The molecule has 1 saturated carbocycles. The zero-order valence-electron chi connectivity index (χ0n) is 20.1. The Morgan fingerprint density at radius 1 is 1.00 bits per heavy atom. The number of amides is 2. The number of rotatable bonds is 10. The number of nitrogens with zero attached hydrogens (tertiary/aromatic N) is 1. The molecule has 0 bridgehead atoms. The van der Waals surface area contributed by atoms with Crippen LogP contribution in [0.2, 0.25) is 0 Å². The summed E-state index contributed by atoms with van der Waals surface area (Å²) in [6.45, 7) is 12.7. The lowest BCUT2D eigenvalue weighted by molar-refractivity contribution is -0.108. The molecule has 0 aliphatic heterocycles. The van der Waals surface area contributed by atoms with Gasteiger partial charge in [-0.3, -0.25) is 0 Å². The van der Waals surface area contributed by atoms with Crippen LogP contribution in [0, 0.1) is 18.8 Å². The van der Waals surface area contributed by atoms with Crippen LogP contribution >= 0.6 is 0 Å². The van der Waals surface area contributed by atoms with Crippen LogP contribution in [0.15, 0.2) is 42.5 Å². The monoisotopic (exact) mass is 435 g/mol. The minimum atomic E-state index is -0.262. The van der Waals surface area contributed by atoms with Gasteiger partial charge in [-0.05, 0) is 61.4 Å². The maximum Gasteiger partial charge on any atom is 0.323 e. The van der Waals surface area contributed by atoms with Crippen molar-refractivity contribution in [2.24, 2.45) is 11.8 Å². The van der Waals surface area contributed by atoms with E-state index in [1.807, 2.05) is 31.2 Å². The summed E-state index contributed by atoms with van der Waals surface area (Å²) >= 11 is 0. The molecule has 1 aliphatic carbocycles. The predicted molar refractivity (Wildman–Crippen MR) is 134 cm³/mol. The normalized spacial score (nSPS) is 14.3. The number of anilines is 3. The average molecular weight is 436 g/mol. The maximum atomic E-state index is 12.9. The Morgan fingerprint density at radius 2 is 1.62 bits per heavy atom. The molecule has 0 aromatic heterocycles. The number of carbonyl (C=O) groups is 2. The van der Waals surface area contributed by atoms with E-state index in [4.69, 9.17) is 0 Å². The van der Waals surface area contributed by atoms with Crippen LogP contribution in [0.1, 0.15) is 58.1 Å². The van der Waals surface area contributed by atoms with Gasteiger partial charge in [0.1, 0.15) is 6.29 Å². The smallest absolute Gasteiger partial charge is 0.323 e. The molecule has 5 nitrogen and oxygen atoms in total. The summed E-state index contributed by atoms with van der Waals surface area (Å²) in [6.07, 6.45) is 3.58. The molecule has 0 spiro atoms. The van der Waals surface area contributed by atoms with E-state index in [0.717, 1.165) is 60.4 Å². The second-order valence-electron chi connectivity index (χ2n) is 10.0. The molecule has 2 aromatic rings. The Morgan fingerprint density at radius 3 is 2.16 bits per heavy atom. The molecular weight excluding hydrogens is 398 g/mol. The van der Waals surface area contributed by atoms with Gasteiger partial charge in [0.15, 0.2) is 0 Å². The first-order chi connectivity index (χ1) is 15.2. The average Bonchev–Trinajstić information content (AvgIpc) is 3.49. The van der Waals surface area contributed by atoms with Gasteiger partial charge in [0, 0.05) is 30.6 Å². The topological polar surface area (TPSA) is 61.4 Å². The van der Waals surface area contributed by atoms with Crippen molar-refractivity contribution < 1.29 is 9.59 Å². The van der Waals surface area contributed by atoms with Crippen molar-refractivity contribution >= 4 is 29.4 Å². The summed E-state index contributed by atoms with van der Waals surface area (Å²) in [4.78, 5) is 26.5. The van der Waals surface area contributed by atoms with Crippen molar-refractivity contribution in [2.45, 2.75) is 59.3 Å². The highest BCUT2D eigenvalue weighted by atomic mass is 16.2. The Hall–Kier alpha value is -2.82. The molecule has 32 heavy (non-hydrogen) atoms. The molecule has 2 N–H and O–H groups in total. The van der Waals surface area contributed by atoms with Crippen LogP contribution in [0.5, 0.6) is 0 Å². The molecule has 5 heteroatoms. The fourth-order valence-corrected chi connectivity index (χ4v) is 4.24. The predicted octanol–water partition coefficient (Wildman–Crippen LogP) is 6.38. The van der Waals surface area contributed by atoms with Crippen molar-refractivity contribution in [3.05, 3.63) is 53.6 Å². The van der Waals surface area contributed by atoms with Gasteiger partial charge in [0.05, 0.1) is 11.4 Å². The molecule has 1 fully saturated rings. The summed E-state index contributed by atoms with van der Waals surface area (Å²) in [5, 5.41) is 6.04. The zero-order chi connectivity index (χ0) is 23.3. The number of carbonyl (C=O) groups excluding carboxylic acids is 2. The van der Waals surface area contributed by atoms with E-state index in [0.29, 0.717) is 18.3 Å². The van der Waals surface area contributed by atoms with E-state index in [9.17, 15) is 9.59 Å². The van der Waals surface area contributed by atoms with Crippen molar-refractivity contribution in [2.75, 3.05) is 28.6 Å². The molecular formula is C27H37N3O2. The van der Waals surface area contributed by atoms with Crippen LogP contribution in [0.3, 0.4) is 0 Å². The first-order valence-electron chi connectivity index (χ1n) is 11.7. The summed E-state index contributed by atoms with van der Waals surface area (Å²) < 4.78 is 0. The third-order valence-electron chi connectivity index (χ3n) is 6.01. The summed E-state index contributed by atoms with van der Waals surface area (Å²) in [5.74, 6) is 0.986. The zero-order valence-corrected chi connectivity index (χ0v) is 20.1. The number of benzene rings is 2. The number of urea groups is 1. The SMILES string of the molecule is Cc1ccc(NC(=O)Nc2cc(C3(CC=O)CC3)ccc2N(CC(C)C)CC(C)C)cc1. The molecule has 0 unspecified atom stereocenters. The van der Waals surface area contributed by atoms with Crippen molar-refractivity contribution in [1.29, 1.82) is 0 Å². The Balaban J connectivity index is 1.92. The lowest BCUT2D eigenvalue weighted by atomic mass is 9.92. The fourth-order valence-electron chi connectivity index (χ4n) is 4.24. The number of nitrogens with one attached hydrogen (secondary N) is 2. The van der Waals surface area contributed by atoms with Gasteiger partial charge >= 0.3 is 6.03 Å². The summed E-state index contributed by atoms with van der Waals surface area (Å²) in [5.41, 5.74) is 4.79. The van der Waals surface area contributed by atoms with E-state index in [1.165, 1.54) is 0 Å². The van der Waals surface area contributed by atoms with E-state index >= 15 is 0 Å². The fraction of sp³-hybridized carbons (Fsp3) is 0.481. The van der Waals surface area contributed by atoms with E-state index in [2.05, 4.69) is 61.4 Å². The Labute approximate surface area is 192 Å². The molecule has 0 radical (unpaired) electrons. The van der Waals surface area contributed by atoms with Crippen LogP contribution in [0.25, 0.3) is 0 Å². The highest BCUT2D eigenvalue weighted by Crippen LogP contribution is 2.51. The van der Waals surface area contributed by atoms with Crippen LogP contribution in [-0.2, 0) is 10.2 Å². The Bertz CT molecular complexity index is 920. The highest BCUT2D eigenvalue weighted by molar-refractivity contribution is 6.02. The first kappa shape index (κ1) is 23.8. The number of hydrogen-bond acceptors (Lipinski definition) is 3. The van der Waals surface area contributed by atoms with Crippen molar-refractivity contribution in [1.82, 2.24) is 0 Å². The summed E-state index contributed by atoms with van der Waals surface area (Å²) in [6, 6.07) is 13.8. The van der Waals surface area contributed by atoms with Gasteiger partial charge < -0.3 is 20.3 Å². The maximum absolute atomic E-state index is 12.9. The van der Waals surface area contributed by atoms with Gasteiger partial charge in [-0.2, -0.15) is 0 Å². The molecule has 0 atom stereocenters. The van der Waals surface area contributed by atoms with Gasteiger partial charge in [-0.1, -0.05) is 51.5 Å². The third kappa shape index (κ3) is 6.12. The standard InChI is InChI=1S/C27H37N3O2/c1-19(2)17-30(18-20(3)4)25-11-8-22(27(12-13-27)14-15-31)16-24(25)29-26(32)28-23-9-6-21(5)7-10-23/h6-11,15-16,19-20H,12-14,17-18H2,1-5H3,(H2,28,29,32). The van der Waals surface area contributed by atoms with Gasteiger partial charge in [0.25, 0.3) is 0 Å². The molecule has 2 aromatic carbocycles. The van der Waals surface area contributed by atoms with Gasteiger partial charge in [-0.15, -0.1) is 0 Å². The minimum Gasteiger partial charge on any atom is -0.369 e. The molecule has 172 valence electrons. The lowest BCUT2D eigenvalue weighted by Crippen LogP contribution is -2.32. The number of aryl methyl sites for hydroxylation is 1. The quantitative estimate of drug-likeness (QED) is 0.426. The third-order valence-corrected chi connectivity index (χ3v) is 6.01. The molecule has 1 aliphatic rings. The lowest BCUT2D eigenvalue weighted by Gasteiger charge is -2.31. The second-order valence-corrected chi connectivity index (χ2v) is 10.0. The second kappa shape index (κ2) is 10.2. The van der Waals surface area contributed by atoms with E-state index in [-0.39, 0.29) is 11.4 Å². The van der Waals surface area contributed by atoms with E-state index in [1.54, 1.807) is 0 Å².